The molecule has 0 unspecified atom stereocenters. The monoisotopic (exact) mass is 351 g/mol. The standard InChI is InChI=1S/C15H15BrClN3/c1-20(9-10-3-2-4-12(17)7-10)14-6-5-11(16)8-13(14)15(18)19/h2-8H,9H2,1H3,(H3,18,19). The van der Waals surface area contributed by atoms with E-state index in [1.807, 2.05) is 49.5 Å². The van der Waals surface area contributed by atoms with E-state index in [9.17, 15) is 0 Å². The van der Waals surface area contributed by atoms with Crippen LogP contribution in [0.4, 0.5) is 5.69 Å². The second-order valence-electron chi connectivity index (χ2n) is 4.56. The van der Waals surface area contributed by atoms with Gasteiger partial charge >= 0.3 is 0 Å². The topological polar surface area (TPSA) is 53.1 Å². The Kier molecular flexibility index (Phi) is 4.68. The predicted molar refractivity (Wildman–Crippen MR) is 88.7 cm³/mol. The molecule has 0 fully saturated rings. The molecule has 0 bridgehead atoms. The number of hydrogen-bond acceptors (Lipinski definition) is 2. The lowest BCUT2D eigenvalue weighted by Crippen LogP contribution is -2.22. The highest BCUT2D eigenvalue weighted by Crippen LogP contribution is 2.25. The number of amidine groups is 1. The third-order valence-electron chi connectivity index (χ3n) is 2.97. The first-order chi connectivity index (χ1) is 9.47. The highest BCUT2D eigenvalue weighted by molar-refractivity contribution is 9.10. The number of halogens is 2. The number of rotatable bonds is 4. The molecule has 5 heteroatoms. The van der Waals surface area contributed by atoms with Crippen molar-refractivity contribution in [3.05, 3.63) is 63.1 Å². The maximum absolute atomic E-state index is 7.69. The molecule has 0 saturated carbocycles. The lowest BCUT2D eigenvalue weighted by Gasteiger charge is -2.22. The van der Waals surface area contributed by atoms with E-state index in [1.165, 1.54) is 0 Å². The number of nitrogens with zero attached hydrogens (tertiary/aromatic N) is 1. The number of nitrogen functional groups attached to an aromatic ring is 1. The fourth-order valence-electron chi connectivity index (χ4n) is 2.05. The van der Waals surface area contributed by atoms with E-state index in [1.54, 1.807) is 0 Å². The lowest BCUT2D eigenvalue weighted by atomic mass is 10.1. The lowest BCUT2D eigenvalue weighted by molar-refractivity contribution is 0.921. The summed E-state index contributed by atoms with van der Waals surface area (Å²) >= 11 is 9.40. The Morgan fingerprint density at radius 1 is 1.30 bits per heavy atom. The van der Waals surface area contributed by atoms with Crippen molar-refractivity contribution in [3.8, 4) is 0 Å². The summed E-state index contributed by atoms with van der Waals surface area (Å²) in [5.41, 5.74) is 8.39. The summed E-state index contributed by atoms with van der Waals surface area (Å²) in [6.07, 6.45) is 0. The number of nitrogens with two attached hydrogens (primary N) is 1. The van der Waals surface area contributed by atoms with Crippen molar-refractivity contribution in [3.63, 3.8) is 0 Å². The van der Waals surface area contributed by atoms with Gasteiger partial charge < -0.3 is 10.6 Å². The Labute approximate surface area is 132 Å². The Morgan fingerprint density at radius 2 is 2.05 bits per heavy atom. The first-order valence-electron chi connectivity index (χ1n) is 6.07. The number of nitrogens with one attached hydrogen (secondary N) is 1. The first kappa shape index (κ1) is 14.9. The van der Waals surface area contributed by atoms with Crippen molar-refractivity contribution in [2.45, 2.75) is 6.54 Å². The van der Waals surface area contributed by atoms with Crippen molar-refractivity contribution in [2.75, 3.05) is 11.9 Å². The summed E-state index contributed by atoms with van der Waals surface area (Å²) in [4.78, 5) is 2.05. The smallest absolute Gasteiger partial charge is 0.124 e. The van der Waals surface area contributed by atoms with Gasteiger partial charge in [0, 0.05) is 34.3 Å². The average Bonchev–Trinajstić information content (AvgIpc) is 2.38. The average molecular weight is 353 g/mol. The third kappa shape index (κ3) is 3.52. The third-order valence-corrected chi connectivity index (χ3v) is 3.70. The van der Waals surface area contributed by atoms with Crippen LogP contribution in [0, 0.1) is 5.41 Å². The summed E-state index contributed by atoms with van der Waals surface area (Å²) in [6.45, 7) is 0.697. The molecule has 0 aliphatic heterocycles. The van der Waals surface area contributed by atoms with Crippen molar-refractivity contribution in [1.29, 1.82) is 5.41 Å². The fraction of sp³-hybridized carbons (Fsp3) is 0.133. The van der Waals surface area contributed by atoms with Gasteiger partial charge in [-0.1, -0.05) is 39.7 Å². The van der Waals surface area contributed by atoms with Gasteiger partial charge in [-0.25, -0.2) is 0 Å². The van der Waals surface area contributed by atoms with Crippen LogP contribution in [-0.2, 0) is 6.54 Å². The number of anilines is 1. The van der Waals surface area contributed by atoms with E-state index < -0.39 is 0 Å². The highest BCUT2D eigenvalue weighted by atomic mass is 79.9. The molecular formula is C15H15BrClN3. The van der Waals surface area contributed by atoms with Gasteiger partial charge in [-0.2, -0.15) is 0 Å². The Balaban J connectivity index is 2.29. The molecular weight excluding hydrogens is 338 g/mol. The van der Waals surface area contributed by atoms with Crippen LogP contribution in [0.15, 0.2) is 46.9 Å². The molecule has 2 rings (SSSR count). The van der Waals surface area contributed by atoms with E-state index in [2.05, 4.69) is 20.8 Å². The molecule has 2 aromatic rings. The van der Waals surface area contributed by atoms with Crippen LogP contribution in [0.5, 0.6) is 0 Å². The maximum Gasteiger partial charge on any atom is 0.124 e. The minimum atomic E-state index is 0.0549. The van der Waals surface area contributed by atoms with Crippen LogP contribution in [0.3, 0.4) is 0 Å². The normalized spacial score (nSPS) is 10.3. The SMILES string of the molecule is CN(Cc1cccc(Cl)c1)c1ccc(Br)cc1C(=N)N. The molecule has 0 heterocycles. The Morgan fingerprint density at radius 3 is 2.70 bits per heavy atom. The molecule has 3 nitrogen and oxygen atoms in total. The summed E-state index contributed by atoms with van der Waals surface area (Å²) in [7, 11) is 1.97. The zero-order chi connectivity index (χ0) is 14.7. The van der Waals surface area contributed by atoms with Gasteiger partial charge in [0.05, 0.1) is 0 Å². The van der Waals surface area contributed by atoms with Crippen molar-refractivity contribution < 1.29 is 0 Å². The van der Waals surface area contributed by atoms with E-state index >= 15 is 0 Å². The van der Waals surface area contributed by atoms with Crippen molar-refractivity contribution in [2.24, 2.45) is 5.73 Å². The quantitative estimate of drug-likeness (QED) is 0.645. The molecule has 3 N–H and O–H groups in total. The van der Waals surface area contributed by atoms with Crippen molar-refractivity contribution in [1.82, 2.24) is 0 Å². The zero-order valence-corrected chi connectivity index (χ0v) is 13.4. The minimum Gasteiger partial charge on any atom is -0.384 e. The molecule has 0 aromatic heterocycles. The second-order valence-corrected chi connectivity index (χ2v) is 5.91. The minimum absolute atomic E-state index is 0.0549. The molecule has 2 aromatic carbocycles. The van der Waals surface area contributed by atoms with Crippen LogP contribution >= 0.6 is 27.5 Å². The summed E-state index contributed by atoms with van der Waals surface area (Å²) < 4.78 is 0.905. The van der Waals surface area contributed by atoms with E-state index in [4.69, 9.17) is 22.7 Å². The van der Waals surface area contributed by atoms with Gasteiger partial charge in [0.15, 0.2) is 0 Å². The number of hydrogen-bond donors (Lipinski definition) is 2. The Hall–Kier alpha value is -1.52. The first-order valence-corrected chi connectivity index (χ1v) is 7.24. The van der Waals surface area contributed by atoms with Crippen LogP contribution < -0.4 is 10.6 Å². The Bertz CT molecular complexity index is 643. The molecule has 0 amide bonds. The fourth-order valence-corrected chi connectivity index (χ4v) is 2.63. The van der Waals surface area contributed by atoms with E-state index in [0.717, 1.165) is 20.7 Å². The molecule has 20 heavy (non-hydrogen) atoms. The summed E-state index contributed by atoms with van der Waals surface area (Å²) in [6, 6.07) is 13.5. The predicted octanol–water partition coefficient (Wildman–Crippen LogP) is 4.02. The van der Waals surface area contributed by atoms with Crippen LogP contribution in [0.25, 0.3) is 0 Å². The molecule has 104 valence electrons. The van der Waals surface area contributed by atoms with Crippen LogP contribution in [0.1, 0.15) is 11.1 Å². The molecule has 0 spiro atoms. The van der Waals surface area contributed by atoms with Crippen molar-refractivity contribution >= 4 is 39.1 Å². The van der Waals surface area contributed by atoms with Gasteiger partial charge in [-0.15, -0.1) is 0 Å². The van der Waals surface area contributed by atoms with Crippen LogP contribution in [0.2, 0.25) is 5.02 Å². The van der Waals surface area contributed by atoms with E-state index in [-0.39, 0.29) is 5.84 Å². The van der Waals surface area contributed by atoms with Gasteiger partial charge in [0.1, 0.15) is 5.84 Å². The largest absolute Gasteiger partial charge is 0.384 e. The van der Waals surface area contributed by atoms with Crippen LogP contribution in [-0.4, -0.2) is 12.9 Å². The van der Waals surface area contributed by atoms with Gasteiger partial charge in [-0.3, -0.25) is 5.41 Å². The van der Waals surface area contributed by atoms with Gasteiger partial charge in [0.2, 0.25) is 0 Å². The zero-order valence-electron chi connectivity index (χ0n) is 11.0. The molecule has 0 aliphatic rings. The summed E-state index contributed by atoms with van der Waals surface area (Å²) in [5.74, 6) is 0.0549. The molecule has 0 radical (unpaired) electrons. The summed E-state index contributed by atoms with van der Waals surface area (Å²) in [5, 5.41) is 8.41. The van der Waals surface area contributed by atoms with E-state index in [0.29, 0.717) is 12.1 Å². The molecule has 0 atom stereocenters. The number of benzene rings is 2. The molecule has 0 saturated heterocycles. The highest BCUT2D eigenvalue weighted by Gasteiger charge is 2.11. The second kappa shape index (κ2) is 6.29. The maximum atomic E-state index is 7.69. The molecule has 0 aliphatic carbocycles. The van der Waals surface area contributed by atoms with Gasteiger partial charge in [-0.05, 0) is 35.9 Å². The van der Waals surface area contributed by atoms with Gasteiger partial charge in [0.25, 0.3) is 0 Å².